The fourth-order valence-electron chi connectivity index (χ4n) is 1.52. The van der Waals surface area contributed by atoms with Gasteiger partial charge in [-0.1, -0.05) is 0 Å². The Morgan fingerprint density at radius 1 is 1.35 bits per heavy atom. The summed E-state index contributed by atoms with van der Waals surface area (Å²) in [7, 11) is 1.46. The van der Waals surface area contributed by atoms with E-state index in [1.54, 1.807) is 0 Å². The number of halogens is 1. The molecule has 1 aliphatic heterocycles. The highest BCUT2D eigenvalue weighted by Gasteiger charge is 2.17. The van der Waals surface area contributed by atoms with Crippen LogP contribution in [0.4, 0.5) is 5.95 Å². The fraction of sp³-hybridized carbons (Fsp3) is 0.556. The molecule has 92 valence electrons. The van der Waals surface area contributed by atoms with Crippen molar-refractivity contribution in [3.05, 3.63) is 5.28 Å². The number of anilines is 1. The molecule has 1 saturated heterocycles. The molecule has 1 N–H and O–H groups in total. The lowest BCUT2D eigenvalue weighted by molar-refractivity contribution is -0.120. The highest BCUT2D eigenvalue weighted by Crippen LogP contribution is 2.15. The quantitative estimate of drug-likeness (QED) is 0.794. The van der Waals surface area contributed by atoms with Crippen LogP contribution < -0.4 is 15.0 Å². The molecule has 2 rings (SSSR count). The average molecular weight is 258 g/mol. The largest absolute Gasteiger partial charge is 0.467 e. The van der Waals surface area contributed by atoms with Gasteiger partial charge in [0.05, 0.1) is 7.11 Å². The topological polar surface area (TPSA) is 80.2 Å². The van der Waals surface area contributed by atoms with E-state index in [4.69, 9.17) is 16.3 Å². The maximum atomic E-state index is 11.2. The Kier molecular flexibility index (Phi) is 3.58. The van der Waals surface area contributed by atoms with Crippen LogP contribution >= 0.6 is 11.6 Å². The molecule has 2 heterocycles. The van der Waals surface area contributed by atoms with Crippen LogP contribution in [0.5, 0.6) is 6.01 Å². The zero-order valence-electron chi connectivity index (χ0n) is 9.31. The maximum Gasteiger partial charge on any atom is 0.322 e. The third-order valence-electron chi connectivity index (χ3n) is 2.35. The van der Waals surface area contributed by atoms with E-state index in [1.807, 2.05) is 4.90 Å². The van der Waals surface area contributed by atoms with Gasteiger partial charge in [-0.05, 0) is 11.6 Å². The van der Waals surface area contributed by atoms with Crippen molar-refractivity contribution in [1.29, 1.82) is 0 Å². The van der Waals surface area contributed by atoms with Gasteiger partial charge in [-0.2, -0.15) is 15.0 Å². The minimum atomic E-state index is 0.0274. The number of nitrogens with zero attached hydrogens (tertiary/aromatic N) is 4. The summed E-state index contributed by atoms with van der Waals surface area (Å²) < 4.78 is 4.92. The molecule has 1 aromatic heterocycles. The number of methoxy groups -OCH3 is 1. The van der Waals surface area contributed by atoms with Gasteiger partial charge in [0.15, 0.2) is 0 Å². The second-order valence-corrected chi connectivity index (χ2v) is 3.82. The zero-order chi connectivity index (χ0) is 12.3. The van der Waals surface area contributed by atoms with E-state index in [1.165, 1.54) is 7.11 Å². The Balaban J connectivity index is 2.20. The summed E-state index contributed by atoms with van der Waals surface area (Å²) in [6.07, 6.45) is 0.408. The van der Waals surface area contributed by atoms with Gasteiger partial charge in [0.25, 0.3) is 0 Å². The van der Waals surface area contributed by atoms with Crippen molar-refractivity contribution in [3.63, 3.8) is 0 Å². The summed E-state index contributed by atoms with van der Waals surface area (Å²) >= 11 is 5.77. The first-order chi connectivity index (χ1) is 8.19. The predicted octanol–water partition coefficient (Wildman–Crippen LogP) is -0.140. The van der Waals surface area contributed by atoms with Gasteiger partial charge < -0.3 is 15.0 Å². The molecular formula is C9H12ClN5O2. The van der Waals surface area contributed by atoms with Crippen LogP contribution in [0, 0.1) is 0 Å². The number of ether oxygens (including phenoxy) is 1. The Morgan fingerprint density at radius 3 is 2.94 bits per heavy atom. The van der Waals surface area contributed by atoms with Gasteiger partial charge in [-0.15, -0.1) is 0 Å². The number of aromatic nitrogens is 3. The van der Waals surface area contributed by atoms with Crippen molar-refractivity contribution in [1.82, 2.24) is 20.3 Å². The summed E-state index contributed by atoms with van der Waals surface area (Å²) in [6.45, 7) is 1.75. The molecule has 1 aromatic rings. The van der Waals surface area contributed by atoms with Gasteiger partial charge in [-0.25, -0.2) is 0 Å². The van der Waals surface area contributed by atoms with Crippen LogP contribution in [0.25, 0.3) is 0 Å². The van der Waals surface area contributed by atoms with Crippen LogP contribution in [0.3, 0.4) is 0 Å². The molecule has 0 bridgehead atoms. The molecule has 0 unspecified atom stereocenters. The van der Waals surface area contributed by atoms with Gasteiger partial charge in [0.2, 0.25) is 17.1 Å². The number of amides is 1. The Hall–Kier alpha value is -1.63. The molecule has 8 heteroatoms. The van der Waals surface area contributed by atoms with Crippen LogP contribution in [-0.2, 0) is 4.79 Å². The van der Waals surface area contributed by atoms with Crippen molar-refractivity contribution >= 4 is 23.5 Å². The molecule has 7 nitrogen and oxygen atoms in total. The molecule has 0 atom stereocenters. The first-order valence-corrected chi connectivity index (χ1v) is 5.54. The maximum absolute atomic E-state index is 11.2. The molecule has 1 fully saturated rings. The van der Waals surface area contributed by atoms with Crippen molar-refractivity contribution in [3.8, 4) is 6.01 Å². The summed E-state index contributed by atoms with van der Waals surface area (Å²) in [5.41, 5.74) is 0. The Bertz CT molecular complexity index is 428. The minimum Gasteiger partial charge on any atom is -0.467 e. The van der Waals surface area contributed by atoms with Gasteiger partial charge in [0.1, 0.15) is 0 Å². The molecule has 0 saturated carbocycles. The fourth-order valence-corrected chi connectivity index (χ4v) is 1.67. The first kappa shape index (κ1) is 11.8. The third kappa shape index (κ3) is 2.94. The number of carbonyl (C=O) groups is 1. The Labute approximate surface area is 103 Å². The molecule has 1 aliphatic rings. The van der Waals surface area contributed by atoms with Crippen molar-refractivity contribution in [2.75, 3.05) is 31.6 Å². The number of carbonyl (C=O) groups excluding carboxylic acids is 1. The van der Waals surface area contributed by atoms with Gasteiger partial charge in [-0.3, -0.25) is 4.79 Å². The van der Waals surface area contributed by atoms with Crippen LogP contribution in [-0.4, -0.2) is 47.6 Å². The minimum absolute atomic E-state index is 0.0274. The summed E-state index contributed by atoms with van der Waals surface area (Å²) in [5, 5.41) is 2.85. The molecule has 0 aromatic carbocycles. The van der Waals surface area contributed by atoms with Crippen molar-refractivity contribution in [2.24, 2.45) is 0 Å². The first-order valence-electron chi connectivity index (χ1n) is 5.16. The van der Waals surface area contributed by atoms with Crippen molar-refractivity contribution < 1.29 is 9.53 Å². The van der Waals surface area contributed by atoms with Gasteiger partial charge in [0, 0.05) is 26.1 Å². The van der Waals surface area contributed by atoms with E-state index in [9.17, 15) is 4.79 Å². The van der Waals surface area contributed by atoms with E-state index in [0.717, 1.165) is 0 Å². The summed E-state index contributed by atoms with van der Waals surface area (Å²) in [5.74, 6) is 0.456. The Morgan fingerprint density at radius 2 is 2.18 bits per heavy atom. The lowest BCUT2D eigenvalue weighted by atomic mass is 10.4. The van der Waals surface area contributed by atoms with E-state index in [2.05, 4.69) is 20.3 Å². The second-order valence-electron chi connectivity index (χ2n) is 3.48. The third-order valence-corrected chi connectivity index (χ3v) is 2.52. The standard InChI is InChI=1S/C9H12ClN5O2/c1-17-9-13-7(10)12-8(14-9)15-4-2-6(16)11-3-5-15/h2-5H2,1H3,(H,11,16). The molecule has 0 aliphatic carbocycles. The molecule has 1 amide bonds. The van der Waals surface area contributed by atoms with E-state index >= 15 is 0 Å². The second kappa shape index (κ2) is 5.13. The highest BCUT2D eigenvalue weighted by atomic mass is 35.5. The number of rotatable bonds is 2. The average Bonchev–Trinajstić information content (AvgIpc) is 2.53. The smallest absolute Gasteiger partial charge is 0.322 e. The van der Waals surface area contributed by atoms with E-state index < -0.39 is 0 Å². The number of hydrogen-bond donors (Lipinski definition) is 1. The van der Waals surface area contributed by atoms with E-state index in [-0.39, 0.29) is 17.2 Å². The lowest BCUT2D eigenvalue weighted by Crippen LogP contribution is -2.30. The van der Waals surface area contributed by atoms with Crippen LogP contribution in [0.15, 0.2) is 0 Å². The monoisotopic (exact) mass is 257 g/mol. The number of hydrogen-bond acceptors (Lipinski definition) is 6. The summed E-state index contributed by atoms with van der Waals surface area (Å²) in [4.78, 5) is 25.0. The zero-order valence-corrected chi connectivity index (χ0v) is 10.1. The molecule has 0 spiro atoms. The van der Waals surface area contributed by atoms with Gasteiger partial charge >= 0.3 is 6.01 Å². The van der Waals surface area contributed by atoms with Crippen LogP contribution in [0.2, 0.25) is 5.28 Å². The predicted molar refractivity (Wildman–Crippen MR) is 61.2 cm³/mol. The highest BCUT2D eigenvalue weighted by molar-refractivity contribution is 6.28. The van der Waals surface area contributed by atoms with Crippen molar-refractivity contribution in [2.45, 2.75) is 6.42 Å². The van der Waals surface area contributed by atoms with E-state index in [0.29, 0.717) is 32.0 Å². The molecule has 17 heavy (non-hydrogen) atoms. The van der Waals surface area contributed by atoms with Crippen LogP contribution in [0.1, 0.15) is 6.42 Å². The summed E-state index contributed by atoms with van der Waals surface area (Å²) in [6, 6.07) is 0.170. The normalized spacial score (nSPS) is 16.4. The lowest BCUT2D eigenvalue weighted by Gasteiger charge is -2.19. The molecule has 0 radical (unpaired) electrons. The SMILES string of the molecule is COc1nc(Cl)nc(N2CCNC(=O)CC2)n1. The number of nitrogens with one attached hydrogen (secondary N) is 1. The molecular weight excluding hydrogens is 246 g/mol.